The van der Waals surface area contributed by atoms with Gasteiger partial charge in [-0.3, -0.25) is 0 Å². The number of methoxy groups -OCH3 is 1. The van der Waals surface area contributed by atoms with Crippen molar-refractivity contribution in [1.29, 1.82) is 0 Å². The second-order valence-electron chi connectivity index (χ2n) is 3.27. The molecular weight excluding hydrogens is 292 g/mol. The van der Waals surface area contributed by atoms with Crippen LogP contribution in [0.3, 0.4) is 0 Å². The molecule has 0 aromatic carbocycles. The Morgan fingerprint density at radius 1 is 1.44 bits per heavy atom. The van der Waals surface area contributed by atoms with Crippen LogP contribution in [0.15, 0.2) is 4.47 Å². The molecule has 1 aromatic heterocycles. The third-order valence-corrected chi connectivity index (χ3v) is 3.27. The minimum atomic E-state index is 0.446. The Morgan fingerprint density at radius 3 is 2.81 bits per heavy atom. The standard InChI is InChI=1S/C10H15BrN2O2S/c1-3-4-15-6-8-12-7(5-14-2)9(11)10(16)13-8/h3-6H2,1-2H3,(H,12,13,16). The molecule has 0 bridgehead atoms. The Kier molecular flexibility index (Phi) is 6.12. The van der Waals surface area contributed by atoms with Crippen LogP contribution in [0.1, 0.15) is 24.9 Å². The maximum absolute atomic E-state index is 5.40. The first-order chi connectivity index (χ1) is 7.69. The van der Waals surface area contributed by atoms with E-state index in [1.807, 2.05) is 0 Å². The molecule has 0 aliphatic rings. The van der Waals surface area contributed by atoms with Crippen molar-refractivity contribution in [1.82, 2.24) is 9.97 Å². The van der Waals surface area contributed by atoms with Crippen molar-refractivity contribution in [3.63, 3.8) is 0 Å². The van der Waals surface area contributed by atoms with E-state index in [0.29, 0.717) is 17.9 Å². The second kappa shape index (κ2) is 7.11. The molecule has 16 heavy (non-hydrogen) atoms. The summed E-state index contributed by atoms with van der Waals surface area (Å²) in [5.41, 5.74) is 0.887. The maximum Gasteiger partial charge on any atom is 0.144 e. The smallest absolute Gasteiger partial charge is 0.144 e. The van der Waals surface area contributed by atoms with Crippen LogP contribution in [0.5, 0.6) is 0 Å². The van der Waals surface area contributed by atoms with Crippen LogP contribution >= 0.6 is 28.1 Å². The van der Waals surface area contributed by atoms with E-state index < -0.39 is 0 Å². The summed E-state index contributed by atoms with van der Waals surface area (Å²) in [5, 5.41) is 0. The summed E-state index contributed by atoms with van der Waals surface area (Å²) in [5.74, 6) is 0.730. The number of aromatic nitrogens is 2. The van der Waals surface area contributed by atoms with Gasteiger partial charge in [-0.05, 0) is 22.4 Å². The van der Waals surface area contributed by atoms with E-state index in [1.54, 1.807) is 7.11 Å². The molecule has 0 saturated carbocycles. The molecule has 0 fully saturated rings. The van der Waals surface area contributed by atoms with E-state index in [-0.39, 0.29) is 0 Å². The quantitative estimate of drug-likeness (QED) is 0.648. The van der Waals surface area contributed by atoms with Gasteiger partial charge in [-0.1, -0.05) is 19.1 Å². The zero-order valence-electron chi connectivity index (χ0n) is 9.38. The van der Waals surface area contributed by atoms with E-state index in [9.17, 15) is 0 Å². The number of rotatable bonds is 6. The van der Waals surface area contributed by atoms with Crippen molar-refractivity contribution < 1.29 is 9.47 Å². The molecule has 1 rings (SSSR count). The number of ether oxygens (including phenoxy) is 2. The summed E-state index contributed by atoms with van der Waals surface area (Å²) in [6.45, 7) is 3.69. The number of hydrogen-bond acceptors (Lipinski definition) is 4. The largest absolute Gasteiger partial charge is 0.378 e. The molecule has 0 unspecified atom stereocenters. The highest BCUT2D eigenvalue weighted by molar-refractivity contribution is 9.10. The average molecular weight is 307 g/mol. The molecule has 4 nitrogen and oxygen atoms in total. The van der Waals surface area contributed by atoms with Crippen molar-refractivity contribution in [2.45, 2.75) is 26.6 Å². The normalized spacial score (nSPS) is 10.7. The van der Waals surface area contributed by atoms with E-state index in [1.165, 1.54) is 0 Å². The van der Waals surface area contributed by atoms with E-state index in [2.05, 4.69) is 32.8 Å². The van der Waals surface area contributed by atoms with Crippen molar-refractivity contribution in [2.24, 2.45) is 0 Å². The number of H-pyrrole nitrogens is 1. The van der Waals surface area contributed by atoms with Gasteiger partial charge < -0.3 is 14.5 Å². The molecule has 1 N–H and O–H groups in total. The molecule has 1 aromatic rings. The predicted octanol–water partition coefficient (Wildman–Crippen LogP) is 2.97. The third-order valence-electron chi connectivity index (χ3n) is 1.86. The number of aromatic amines is 1. The maximum atomic E-state index is 5.40. The average Bonchev–Trinajstić information content (AvgIpc) is 2.26. The van der Waals surface area contributed by atoms with Crippen molar-refractivity contribution in [3.8, 4) is 0 Å². The molecule has 0 saturated heterocycles. The van der Waals surface area contributed by atoms with Gasteiger partial charge in [0.15, 0.2) is 0 Å². The zero-order valence-corrected chi connectivity index (χ0v) is 11.8. The summed E-state index contributed by atoms with van der Waals surface area (Å²) in [4.78, 5) is 7.36. The van der Waals surface area contributed by atoms with Crippen LogP contribution in [0.25, 0.3) is 0 Å². The van der Waals surface area contributed by atoms with Crippen LogP contribution in [0.2, 0.25) is 0 Å². The van der Waals surface area contributed by atoms with Crippen molar-refractivity contribution in [2.75, 3.05) is 13.7 Å². The van der Waals surface area contributed by atoms with Gasteiger partial charge in [0.25, 0.3) is 0 Å². The van der Waals surface area contributed by atoms with Gasteiger partial charge >= 0.3 is 0 Å². The Labute approximate surface area is 109 Å². The fourth-order valence-corrected chi connectivity index (χ4v) is 1.72. The monoisotopic (exact) mass is 306 g/mol. The Balaban J connectivity index is 2.82. The number of hydrogen-bond donors (Lipinski definition) is 1. The van der Waals surface area contributed by atoms with Gasteiger partial charge in [0, 0.05) is 13.7 Å². The minimum Gasteiger partial charge on any atom is -0.378 e. The lowest BCUT2D eigenvalue weighted by atomic mass is 10.4. The number of halogens is 1. The topological polar surface area (TPSA) is 47.1 Å². The SMILES string of the molecule is CCCOCc1nc(=S)c(Br)c(COC)[nH]1. The molecule has 0 spiro atoms. The highest BCUT2D eigenvalue weighted by Crippen LogP contribution is 2.16. The van der Waals surface area contributed by atoms with Crippen molar-refractivity contribution >= 4 is 28.1 Å². The van der Waals surface area contributed by atoms with Crippen LogP contribution in [-0.4, -0.2) is 23.7 Å². The summed E-state index contributed by atoms with van der Waals surface area (Å²) in [6.07, 6.45) is 0.988. The molecule has 0 amide bonds. The highest BCUT2D eigenvalue weighted by atomic mass is 79.9. The molecule has 1 heterocycles. The van der Waals surface area contributed by atoms with E-state index in [4.69, 9.17) is 21.7 Å². The van der Waals surface area contributed by atoms with Gasteiger partial charge in [0.2, 0.25) is 0 Å². The summed E-state index contributed by atoms with van der Waals surface area (Å²) in [7, 11) is 1.64. The molecule has 0 aliphatic carbocycles. The Hall–Kier alpha value is -0.300. The van der Waals surface area contributed by atoms with Gasteiger partial charge in [0.05, 0.1) is 16.8 Å². The lowest BCUT2D eigenvalue weighted by Crippen LogP contribution is -2.05. The van der Waals surface area contributed by atoms with Gasteiger partial charge in [-0.25, -0.2) is 4.98 Å². The Morgan fingerprint density at radius 2 is 2.19 bits per heavy atom. The minimum absolute atomic E-state index is 0.446. The highest BCUT2D eigenvalue weighted by Gasteiger charge is 2.06. The van der Waals surface area contributed by atoms with E-state index >= 15 is 0 Å². The first kappa shape index (κ1) is 13.8. The first-order valence-electron chi connectivity index (χ1n) is 5.03. The molecular formula is C10H15BrN2O2S. The first-order valence-corrected chi connectivity index (χ1v) is 6.23. The zero-order chi connectivity index (χ0) is 12.0. The summed E-state index contributed by atoms with van der Waals surface area (Å²) < 4.78 is 11.8. The van der Waals surface area contributed by atoms with Crippen LogP contribution < -0.4 is 0 Å². The third kappa shape index (κ3) is 3.93. The van der Waals surface area contributed by atoms with E-state index in [0.717, 1.165) is 29.0 Å². The summed E-state index contributed by atoms with van der Waals surface area (Å²) in [6, 6.07) is 0. The lowest BCUT2D eigenvalue weighted by molar-refractivity contribution is 0.115. The van der Waals surface area contributed by atoms with Gasteiger partial charge in [-0.2, -0.15) is 0 Å². The summed E-state index contributed by atoms with van der Waals surface area (Å²) >= 11 is 8.51. The molecule has 0 radical (unpaired) electrons. The fraction of sp³-hybridized carbons (Fsp3) is 0.600. The van der Waals surface area contributed by atoms with Crippen molar-refractivity contribution in [3.05, 3.63) is 20.6 Å². The number of nitrogens with zero attached hydrogens (tertiary/aromatic N) is 1. The van der Waals surface area contributed by atoms with Crippen LogP contribution in [-0.2, 0) is 22.7 Å². The molecule has 0 aliphatic heterocycles. The second-order valence-corrected chi connectivity index (χ2v) is 4.45. The Bertz CT molecular complexity index is 395. The van der Waals surface area contributed by atoms with Crippen LogP contribution in [0.4, 0.5) is 0 Å². The fourth-order valence-electron chi connectivity index (χ4n) is 1.18. The molecule has 90 valence electrons. The predicted molar refractivity (Wildman–Crippen MR) is 67.8 cm³/mol. The molecule has 6 heteroatoms. The van der Waals surface area contributed by atoms with Gasteiger partial charge in [-0.15, -0.1) is 0 Å². The van der Waals surface area contributed by atoms with Crippen LogP contribution in [0, 0.1) is 4.64 Å². The molecule has 0 atom stereocenters. The van der Waals surface area contributed by atoms with Gasteiger partial charge in [0.1, 0.15) is 17.1 Å². The lowest BCUT2D eigenvalue weighted by Gasteiger charge is -2.08. The number of nitrogens with one attached hydrogen (secondary N) is 1.